The molecular formula is C23H24N6O2. The van der Waals surface area contributed by atoms with E-state index in [1.165, 1.54) is 17.2 Å². The molecule has 0 fully saturated rings. The molecule has 0 atom stereocenters. The zero-order valence-electron chi connectivity index (χ0n) is 18.0. The van der Waals surface area contributed by atoms with Gasteiger partial charge in [-0.2, -0.15) is 10.1 Å². The summed E-state index contributed by atoms with van der Waals surface area (Å²) < 4.78 is 4.24. The van der Waals surface area contributed by atoms with Gasteiger partial charge in [-0.25, -0.2) is 10.2 Å². The van der Waals surface area contributed by atoms with Gasteiger partial charge in [-0.15, -0.1) is 0 Å². The lowest BCUT2D eigenvalue weighted by molar-refractivity contribution is 0.702. The fourth-order valence-electron chi connectivity index (χ4n) is 3.46. The fourth-order valence-corrected chi connectivity index (χ4v) is 3.46. The van der Waals surface area contributed by atoms with Crippen molar-refractivity contribution >= 4 is 23.3 Å². The molecule has 2 aromatic heterocycles. The lowest BCUT2D eigenvalue weighted by Gasteiger charge is -2.11. The molecule has 1 N–H and O–H groups in total. The Morgan fingerprint density at radius 2 is 1.71 bits per heavy atom. The van der Waals surface area contributed by atoms with Crippen molar-refractivity contribution in [3.63, 3.8) is 0 Å². The summed E-state index contributed by atoms with van der Waals surface area (Å²) in [5.41, 5.74) is 7.05. The third-order valence-corrected chi connectivity index (χ3v) is 5.39. The molecule has 4 rings (SSSR count). The standard InChI is InChI=1S/C23H24N6O2/c1-15-9-11-17(12-10-15)13-24-26-22-25-20-19(21(30)28(4)23(31)27(20)3)29(22)14-18-8-6-5-7-16(18)2/h5-13H,14H2,1-4H3,(H,25,26). The maximum absolute atomic E-state index is 13.0. The van der Waals surface area contributed by atoms with Gasteiger partial charge in [-0.1, -0.05) is 54.1 Å². The average molecular weight is 416 g/mol. The van der Waals surface area contributed by atoms with Crippen molar-refractivity contribution in [2.24, 2.45) is 19.2 Å². The SMILES string of the molecule is Cc1ccc(C=NNc2nc3c(c(=O)n(C)c(=O)n3C)n2Cc2ccccc2C)cc1. The van der Waals surface area contributed by atoms with Crippen LogP contribution in [0.2, 0.25) is 0 Å². The second-order valence-electron chi connectivity index (χ2n) is 7.61. The second kappa shape index (κ2) is 8.06. The van der Waals surface area contributed by atoms with Crippen molar-refractivity contribution < 1.29 is 0 Å². The van der Waals surface area contributed by atoms with E-state index in [9.17, 15) is 9.59 Å². The van der Waals surface area contributed by atoms with Gasteiger partial charge in [0.05, 0.1) is 12.8 Å². The number of imidazole rings is 1. The van der Waals surface area contributed by atoms with Crippen LogP contribution in [0.5, 0.6) is 0 Å². The number of fused-ring (bicyclic) bond motifs is 1. The van der Waals surface area contributed by atoms with Gasteiger partial charge in [-0.3, -0.25) is 18.5 Å². The van der Waals surface area contributed by atoms with Gasteiger partial charge in [0.15, 0.2) is 11.2 Å². The Bertz CT molecular complexity index is 1410. The average Bonchev–Trinajstić information content (AvgIpc) is 3.12. The van der Waals surface area contributed by atoms with E-state index in [4.69, 9.17) is 0 Å². The van der Waals surface area contributed by atoms with Crippen LogP contribution in [0, 0.1) is 13.8 Å². The maximum atomic E-state index is 13.0. The molecule has 4 aromatic rings. The van der Waals surface area contributed by atoms with Gasteiger partial charge in [0.25, 0.3) is 5.56 Å². The first-order valence-electron chi connectivity index (χ1n) is 9.93. The Morgan fingerprint density at radius 3 is 2.42 bits per heavy atom. The summed E-state index contributed by atoms with van der Waals surface area (Å²) in [4.78, 5) is 29.9. The van der Waals surface area contributed by atoms with Crippen LogP contribution in [-0.4, -0.2) is 24.9 Å². The van der Waals surface area contributed by atoms with Gasteiger partial charge in [-0.05, 0) is 30.5 Å². The molecule has 31 heavy (non-hydrogen) atoms. The monoisotopic (exact) mass is 416 g/mol. The number of nitrogens with one attached hydrogen (secondary N) is 1. The van der Waals surface area contributed by atoms with Crippen LogP contribution in [0.25, 0.3) is 11.2 Å². The van der Waals surface area contributed by atoms with E-state index in [2.05, 4.69) is 15.5 Å². The van der Waals surface area contributed by atoms with E-state index in [0.717, 1.165) is 21.3 Å². The van der Waals surface area contributed by atoms with E-state index >= 15 is 0 Å². The van der Waals surface area contributed by atoms with Crippen molar-refractivity contribution in [2.45, 2.75) is 20.4 Å². The molecule has 2 heterocycles. The topological polar surface area (TPSA) is 86.2 Å². The summed E-state index contributed by atoms with van der Waals surface area (Å²) in [5, 5.41) is 4.31. The van der Waals surface area contributed by atoms with E-state index in [1.54, 1.807) is 17.8 Å². The highest BCUT2D eigenvalue weighted by atomic mass is 16.2. The molecule has 2 aromatic carbocycles. The minimum atomic E-state index is -0.423. The van der Waals surface area contributed by atoms with E-state index in [-0.39, 0.29) is 0 Å². The highest BCUT2D eigenvalue weighted by Crippen LogP contribution is 2.19. The summed E-state index contributed by atoms with van der Waals surface area (Å²) in [7, 11) is 3.08. The van der Waals surface area contributed by atoms with Crippen molar-refractivity contribution in [3.8, 4) is 0 Å². The highest BCUT2D eigenvalue weighted by molar-refractivity contribution is 5.80. The first kappa shape index (κ1) is 20.3. The molecular weight excluding hydrogens is 392 g/mol. The number of anilines is 1. The lowest BCUT2D eigenvalue weighted by Crippen LogP contribution is -2.37. The van der Waals surface area contributed by atoms with E-state index in [1.807, 2.05) is 62.4 Å². The fraction of sp³-hybridized carbons (Fsp3) is 0.217. The molecule has 0 aliphatic rings. The summed E-state index contributed by atoms with van der Waals surface area (Å²) in [5.74, 6) is 0.389. The number of hydrazone groups is 1. The lowest BCUT2D eigenvalue weighted by atomic mass is 10.1. The molecule has 0 saturated carbocycles. The number of benzene rings is 2. The number of aromatic nitrogens is 4. The maximum Gasteiger partial charge on any atom is 0.332 e. The zero-order chi connectivity index (χ0) is 22.1. The van der Waals surface area contributed by atoms with E-state index < -0.39 is 11.2 Å². The molecule has 0 aliphatic heterocycles. The molecule has 0 spiro atoms. The molecule has 0 amide bonds. The second-order valence-corrected chi connectivity index (χ2v) is 7.61. The minimum absolute atomic E-state index is 0.315. The third-order valence-electron chi connectivity index (χ3n) is 5.39. The zero-order valence-corrected chi connectivity index (χ0v) is 18.0. The molecule has 0 saturated heterocycles. The molecule has 8 heteroatoms. The summed E-state index contributed by atoms with van der Waals surface area (Å²) in [6.45, 7) is 4.46. The predicted molar refractivity (Wildman–Crippen MR) is 123 cm³/mol. The molecule has 0 aliphatic carbocycles. The molecule has 0 radical (unpaired) electrons. The first-order chi connectivity index (χ1) is 14.9. The van der Waals surface area contributed by atoms with Gasteiger partial charge in [0.1, 0.15) is 0 Å². The van der Waals surface area contributed by atoms with Crippen LogP contribution in [-0.2, 0) is 20.6 Å². The Labute approximate surface area is 179 Å². The minimum Gasteiger partial charge on any atom is -0.298 e. The quantitative estimate of drug-likeness (QED) is 0.400. The highest BCUT2D eigenvalue weighted by Gasteiger charge is 2.19. The Kier molecular flexibility index (Phi) is 5.29. The molecule has 0 bridgehead atoms. The van der Waals surface area contributed by atoms with Crippen molar-refractivity contribution in [2.75, 3.05) is 5.43 Å². The Hall–Kier alpha value is -3.94. The number of rotatable bonds is 5. The number of hydrogen-bond donors (Lipinski definition) is 1. The van der Waals surface area contributed by atoms with Crippen LogP contribution in [0.1, 0.15) is 22.3 Å². The largest absolute Gasteiger partial charge is 0.332 e. The van der Waals surface area contributed by atoms with Crippen LogP contribution in [0.15, 0.2) is 63.2 Å². The van der Waals surface area contributed by atoms with Crippen LogP contribution < -0.4 is 16.7 Å². The summed E-state index contributed by atoms with van der Waals surface area (Å²) in [6.07, 6.45) is 1.69. The van der Waals surface area contributed by atoms with Gasteiger partial charge >= 0.3 is 5.69 Å². The van der Waals surface area contributed by atoms with Gasteiger partial charge < -0.3 is 0 Å². The number of hydrogen-bond acceptors (Lipinski definition) is 5. The summed E-state index contributed by atoms with van der Waals surface area (Å²) in [6, 6.07) is 15.9. The van der Waals surface area contributed by atoms with E-state index in [0.29, 0.717) is 23.7 Å². The molecule has 8 nitrogen and oxygen atoms in total. The van der Waals surface area contributed by atoms with Gasteiger partial charge in [0, 0.05) is 14.1 Å². The summed E-state index contributed by atoms with van der Waals surface area (Å²) >= 11 is 0. The first-order valence-corrected chi connectivity index (χ1v) is 9.93. The van der Waals surface area contributed by atoms with Crippen molar-refractivity contribution in [1.29, 1.82) is 0 Å². The normalized spacial score (nSPS) is 11.5. The van der Waals surface area contributed by atoms with Crippen molar-refractivity contribution in [3.05, 3.63) is 91.6 Å². The van der Waals surface area contributed by atoms with Crippen LogP contribution in [0.4, 0.5) is 5.95 Å². The van der Waals surface area contributed by atoms with Crippen LogP contribution in [0.3, 0.4) is 0 Å². The smallest absolute Gasteiger partial charge is 0.298 e. The van der Waals surface area contributed by atoms with Crippen LogP contribution >= 0.6 is 0 Å². The number of aryl methyl sites for hydroxylation is 3. The molecule has 158 valence electrons. The molecule has 0 unspecified atom stereocenters. The third kappa shape index (κ3) is 3.79. The predicted octanol–water partition coefficient (Wildman–Crippen LogP) is 2.54. The Balaban J connectivity index is 1.83. The Morgan fingerprint density at radius 1 is 1.00 bits per heavy atom. The van der Waals surface area contributed by atoms with Gasteiger partial charge in [0.2, 0.25) is 5.95 Å². The number of nitrogens with zero attached hydrogens (tertiary/aromatic N) is 5. The van der Waals surface area contributed by atoms with Crippen molar-refractivity contribution in [1.82, 2.24) is 18.7 Å².